The lowest BCUT2D eigenvalue weighted by atomic mass is 9.78. The number of phenolic OH excluding ortho intramolecular Hbond substituents is 1. The van der Waals surface area contributed by atoms with Crippen LogP contribution in [0.2, 0.25) is 0 Å². The van der Waals surface area contributed by atoms with E-state index in [-0.39, 0.29) is 127 Å². The Morgan fingerprint density at radius 2 is 0.913 bits per heavy atom. The van der Waals surface area contributed by atoms with Crippen LogP contribution in [-0.4, -0.2) is 108 Å². The van der Waals surface area contributed by atoms with Crippen molar-refractivity contribution in [2.24, 2.45) is 21.7 Å². The quantitative estimate of drug-likeness (QED) is 0.0260. The van der Waals surface area contributed by atoms with Gasteiger partial charge in [-0.05, 0) is 157 Å². The number of imidazole rings is 5. The molecule has 0 aliphatic heterocycles. The second-order valence-electron chi connectivity index (χ2n) is 38.8. The number of amides is 5. The van der Waals surface area contributed by atoms with Gasteiger partial charge in [0.1, 0.15) is 50.9 Å². The van der Waals surface area contributed by atoms with Gasteiger partial charge in [0.05, 0.1) is 65.9 Å². The van der Waals surface area contributed by atoms with Crippen molar-refractivity contribution in [2.75, 3.05) is 40.8 Å². The average molecular weight is 1760 g/mol. The number of para-hydroxylation sites is 1. The number of nitrogens with one attached hydrogen (secondary N) is 5. The van der Waals surface area contributed by atoms with Gasteiger partial charge in [0.25, 0.3) is 11.6 Å². The van der Waals surface area contributed by atoms with Crippen molar-refractivity contribution >= 4 is 120 Å². The molecule has 0 bridgehead atoms. The summed E-state index contributed by atoms with van der Waals surface area (Å²) in [5.74, 6) is -6.21. The van der Waals surface area contributed by atoms with Gasteiger partial charge in [-0.15, -0.1) is 0 Å². The maximum absolute atomic E-state index is 14.7. The number of methoxy groups -OCH3 is 2. The molecular formula is C94H114F8N16O9. The summed E-state index contributed by atoms with van der Waals surface area (Å²) >= 11 is 0. The second-order valence-corrected chi connectivity index (χ2v) is 38.8. The van der Waals surface area contributed by atoms with Crippen molar-refractivity contribution in [2.45, 2.75) is 267 Å². The number of anilines is 5. The van der Waals surface area contributed by atoms with Gasteiger partial charge in [0, 0.05) is 97.2 Å². The number of fused-ring (bicyclic) bond motifs is 5. The summed E-state index contributed by atoms with van der Waals surface area (Å²) in [5, 5.41) is 34.4. The van der Waals surface area contributed by atoms with Crippen LogP contribution in [0.4, 0.5) is 70.6 Å². The zero-order valence-corrected chi connectivity index (χ0v) is 74.8. The van der Waals surface area contributed by atoms with Gasteiger partial charge >= 0.3 is 0 Å². The fourth-order valence-corrected chi connectivity index (χ4v) is 16.0. The Bertz CT molecular complexity index is 5980. The first-order chi connectivity index (χ1) is 59.6. The van der Waals surface area contributed by atoms with E-state index in [9.17, 15) is 69.3 Å². The zero-order valence-electron chi connectivity index (χ0n) is 74.8. The highest BCUT2D eigenvalue weighted by Gasteiger charge is 2.45. The molecule has 5 heterocycles. The number of rotatable bonds is 21. The lowest BCUT2D eigenvalue weighted by Gasteiger charge is -2.41. The Kier molecular flexibility index (Phi) is 27.8. The van der Waals surface area contributed by atoms with Gasteiger partial charge < -0.3 is 42.5 Å². The van der Waals surface area contributed by atoms with E-state index in [0.717, 1.165) is 138 Å². The summed E-state index contributed by atoms with van der Waals surface area (Å²) < 4.78 is 132. The number of carbonyl (C=O) groups excluding carboxylic acids is 5. The first kappa shape index (κ1) is 94.4. The average Bonchev–Trinajstić information content (AvgIpc) is 1.56. The normalized spacial score (nSPS) is 15.9. The van der Waals surface area contributed by atoms with E-state index in [1.54, 1.807) is 33.8 Å². The fourth-order valence-electron chi connectivity index (χ4n) is 16.0. The topological polar surface area (TPSA) is 298 Å². The Morgan fingerprint density at radius 1 is 0.472 bits per heavy atom. The Balaban J connectivity index is 0.000000144. The van der Waals surface area contributed by atoms with Crippen LogP contribution in [0.5, 0.6) is 17.2 Å². The molecule has 5 amide bonds. The highest BCUT2D eigenvalue weighted by molar-refractivity contribution is 5.97. The maximum atomic E-state index is 14.7. The van der Waals surface area contributed by atoms with Gasteiger partial charge in [-0.1, -0.05) is 113 Å². The monoisotopic (exact) mass is 1760 g/mol. The molecule has 0 saturated heterocycles. The number of hydrogen-bond acceptors (Lipinski definition) is 14. The zero-order chi connectivity index (χ0) is 92.5. The van der Waals surface area contributed by atoms with Gasteiger partial charge in [0.15, 0.2) is 23.3 Å². The lowest BCUT2D eigenvalue weighted by molar-refractivity contribution is -0.129. The number of halogens is 8. The highest BCUT2D eigenvalue weighted by Crippen LogP contribution is 2.48. The van der Waals surface area contributed by atoms with E-state index in [4.69, 9.17) is 16.0 Å². The molecule has 5 aromatic heterocycles. The maximum Gasteiger partial charge on any atom is 0.259 e. The number of aromatic hydroxyl groups is 1. The van der Waals surface area contributed by atoms with Crippen LogP contribution in [0.3, 0.4) is 0 Å². The summed E-state index contributed by atoms with van der Waals surface area (Å²) in [6.45, 7) is 31.9. The number of aromatic nitrogens is 10. The fraction of sp³-hybridized carbons (Fsp3) is 0.500. The third kappa shape index (κ3) is 21.6. The molecule has 33 heteroatoms. The smallest absolute Gasteiger partial charge is 0.259 e. The first-order valence-electron chi connectivity index (χ1n) is 43.1. The van der Waals surface area contributed by atoms with Gasteiger partial charge in [-0.2, -0.15) is 0 Å². The van der Waals surface area contributed by atoms with Crippen molar-refractivity contribution in [3.8, 4) is 17.2 Å². The molecule has 1 unspecified atom stereocenters. The summed E-state index contributed by atoms with van der Waals surface area (Å²) in [4.78, 5) is 86.6. The van der Waals surface area contributed by atoms with E-state index in [1.165, 1.54) is 39.2 Å². The van der Waals surface area contributed by atoms with Gasteiger partial charge in [0.2, 0.25) is 59.3 Å². The van der Waals surface area contributed by atoms with Crippen molar-refractivity contribution in [1.29, 1.82) is 0 Å². The van der Waals surface area contributed by atoms with Gasteiger partial charge in [-0.25, -0.2) is 64.9 Å². The number of alkyl halides is 2. The molecule has 6 aromatic carbocycles. The molecule has 680 valence electrons. The van der Waals surface area contributed by atoms with Crippen LogP contribution in [0.1, 0.15) is 255 Å². The third-order valence-electron chi connectivity index (χ3n) is 24.0. The number of carbonyl (C=O) groups is 5. The molecule has 25 nitrogen and oxygen atoms in total. The van der Waals surface area contributed by atoms with E-state index >= 15 is 0 Å². The summed E-state index contributed by atoms with van der Waals surface area (Å²) in [6.07, 6.45) is 15.0. The minimum absolute atomic E-state index is 0.00604. The van der Waals surface area contributed by atoms with E-state index in [2.05, 4.69) is 67.8 Å². The van der Waals surface area contributed by atoms with Crippen LogP contribution in [0.15, 0.2) is 91.0 Å². The van der Waals surface area contributed by atoms with Crippen LogP contribution < -0.4 is 36.1 Å². The molecule has 1 atom stereocenters. The number of phenols is 1. The molecular weight excluding hydrogens is 1650 g/mol. The van der Waals surface area contributed by atoms with Crippen molar-refractivity contribution in [3.63, 3.8) is 0 Å². The molecule has 11 aromatic rings. The predicted octanol–water partition coefficient (Wildman–Crippen LogP) is 22.5. The summed E-state index contributed by atoms with van der Waals surface area (Å²) in [6, 6.07) is 23.9. The molecule has 0 spiro atoms. The highest BCUT2D eigenvalue weighted by atomic mass is 19.3. The number of nitrogens with zero attached hydrogens (tertiary/aromatic N) is 11. The number of aliphatic hydroxyl groups is 1. The van der Waals surface area contributed by atoms with Crippen LogP contribution in [0, 0.1) is 63.1 Å². The van der Waals surface area contributed by atoms with Crippen molar-refractivity contribution < 1.29 is 78.8 Å². The van der Waals surface area contributed by atoms with Crippen molar-refractivity contribution in [1.82, 2.24) is 47.8 Å². The van der Waals surface area contributed by atoms with E-state index in [0.29, 0.717) is 59.1 Å². The first-order valence-corrected chi connectivity index (χ1v) is 43.1. The van der Waals surface area contributed by atoms with Gasteiger partial charge in [-0.3, -0.25) is 50.6 Å². The third-order valence-corrected chi connectivity index (χ3v) is 24.0. The minimum atomic E-state index is -3.03. The SMILES string of the molecule is CC(C)(C)CC(=O)Nc1nc2cc(F)cc(F)c2n1C1CCC1.CC(F)(F)C(C)(C)CC(=O)Nc1nc2c(F)cc(O)cc2n1C1CCC1.COc1cc(F)c2nc(NC(=O)CC(C)(C)C)n(C3(C)CCC3)c2c1.COc1cccc2nc(NC(=O)CC(C)(O)c3ccccc3)n(C3CCC3)c12.[C-]#[N+]c1c(F)cc2nc(NC(=O)CC(C)(C)C)n(C3CCC3)c2c1F. The molecule has 5 aliphatic carbocycles. The van der Waals surface area contributed by atoms with Crippen LogP contribution >= 0.6 is 0 Å². The second kappa shape index (κ2) is 37.3. The molecule has 5 saturated carbocycles. The van der Waals surface area contributed by atoms with E-state index < -0.39 is 69.9 Å². The molecule has 5 aliphatic rings. The standard InChI is InChI=1S/C22H25N3O3.C19H26FN3O2.C18H22F3N3O2.C18H20F2N4O.C17H21F2N3O/c1-22(27,15-8-4-3-5-9-15)14-19(26)24-21-23-17-12-7-13-18(28-2)20(17)25(21)16-10-6-11-16;1-18(2,3)11-15(24)21-17-22-16-13(20)9-12(25-5)10-14(16)23(17)19(4)7-6-8-19;1-17(2,18(3,20)21)9-14(26)22-16-23-15-12(19)7-11(25)8-13(15)24(16)10-5-4-6-10;1-18(2,3)9-13(25)23-17-22-12-8-11(19)15(21-4)14(20)16(12)24(17)10-6-5-7-10;1-17(2,3)9-14(23)21-16-20-13-8-10(18)7-12(19)15(13)22(16)11-5-4-6-11/h3-5,7-9,12-13,16,27H,6,10-11,14H2,1-2H3,(H,23,24,26);9-10H,6-8,11H2,1-5H3,(H,21,22,24);7-8,10,25H,4-6,9H2,1-3H3,(H,22,23,26);8,10H,5-7,9H2,1-3H3,(H,22,23,25);7-8,11H,4-6,9H2,1-3H3,(H,20,21,23). The Labute approximate surface area is 732 Å². The predicted molar refractivity (Wildman–Crippen MR) is 474 cm³/mol. The van der Waals surface area contributed by atoms with Crippen LogP contribution in [0.25, 0.3) is 60.0 Å². The number of benzene rings is 6. The van der Waals surface area contributed by atoms with E-state index in [1.807, 2.05) is 115 Å². The molecule has 127 heavy (non-hydrogen) atoms. The Hall–Kier alpha value is -11.7. The molecule has 16 rings (SSSR count). The lowest BCUT2D eigenvalue weighted by Crippen LogP contribution is -2.38. The summed E-state index contributed by atoms with van der Waals surface area (Å²) in [7, 11) is 3.15. The molecule has 5 fully saturated rings. The Morgan fingerprint density at radius 3 is 1.38 bits per heavy atom. The number of ether oxygens (including phenoxy) is 2. The molecule has 0 radical (unpaired) electrons. The summed E-state index contributed by atoms with van der Waals surface area (Å²) in [5.41, 5.74) is 0.346. The molecule has 7 N–H and O–H groups in total. The number of hydrogen-bond donors (Lipinski definition) is 7. The van der Waals surface area contributed by atoms with Crippen molar-refractivity contribution in [3.05, 3.63) is 143 Å². The largest absolute Gasteiger partial charge is 0.508 e. The minimum Gasteiger partial charge on any atom is -0.508 e. The van der Waals surface area contributed by atoms with Crippen LogP contribution in [-0.2, 0) is 35.1 Å².